The molecule has 2 heterocycles. The number of hydrogen-bond donors (Lipinski definition) is 0. The molecule has 0 unspecified atom stereocenters. The third kappa shape index (κ3) is 4.96. The molecule has 0 atom stereocenters. The molecule has 2 aromatic heterocycles. The molecule has 0 amide bonds. The summed E-state index contributed by atoms with van der Waals surface area (Å²) in [7, 11) is 0. The highest BCUT2D eigenvalue weighted by molar-refractivity contribution is 6.09. The Bertz CT molecular complexity index is 2780. The van der Waals surface area contributed by atoms with E-state index in [0.717, 1.165) is 50.2 Å². The summed E-state index contributed by atoms with van der Waals surface area (Å²) in [6.45, 7) is 0. The van der Waals surface area contributed by atoms with Gasteiger partial charge in [0, 0.05) is 44.5 Å². The van der Waals surface area contributed by atoms with E-state index in [-0.39, 0.29) is 0 Å². The second kappa shape index (κ2) is 11.9. The average Bonchev–Trinajstić information content (AvgIpc) is 3.80. The molecule has 10 rings (SSSR count). The van der Waals surface area contributed by atoms with Crippen molar-refractivity contribution in [3.05, 3.63) is 188 Å². The summed E-state index contributed by atoms with van der Waals surface area (Å²) in [5.74, 6) is 0.623. The minimum absolute atomic E-state index is 0.623. The van der Waals surface area contributed by atoms with E-state index in [4.69, 9.17) is 9.40 Å². The molecule has 8 aromatic carbocycles. The Balaban J connectivity index is 1.12. The Labute approximate surface area is 295 Å². The maximum absolute atomic E-state index is 6.47. The Morgan fingerprint density at radius 1 is 0.431 bits per heavy atom. The highest BCUT2D eigenvalue weighted by atomic mass is 16.3. The first-order valence-corrected chi connectivity index (χ1v) is 17.2. The first kappa shape index (κ1) is 29.0. The van der Waals surface area contributed by atoms with Gasteiger partial charge in [0.05, 0.1) is 11.0 Å². The van der Waals surface area contributed by atoms with Crippen molar-refractivity contribution in [2.24, 2.45) is 0 Å². The number of hydrogen-bond acceptors (Lipinski definition) is 3. The van der Waals surface area contributed by atoms with E-state index in [2.05, 4.69) is 161 Å². The van der Waals surface area contributed by atoms with E-state index in [1.54, 1.807) is 0 Å². The van der Waals surface area contributed by atoms with E-state index in [1.807, 2.05) is 36.4 Å². The van der Waals surface area contributed by atoms with Crippen LogP contribution in [0.5, 0.6) is 0 Å². The molecular formula is C47H31N3O. The molecule has 240 valence electrons. The van der Waals surface area contributed by atoms with Crippen LogP contribution in [0.25, 0.3) is 71.9 Å². The van der Waals surface area contributed by atoms with Crippen molar-refractivity contribution in [3.63, 3.8) is 0 Å². The van der Waals surface area contributed by atoms with Crippen LogP contribution in [0, 0.1) is 0 Å². The third-order valence-electron chi connectivity index (χ3n) is 9.81. The van der Waals surface area contributed by atoms with Gasteiger partial charge in [-0.1, -0.05) is 109 Å². The molecule has 0 saturated heterocycles. The molecule has 0 bridgehead atoms. The topological polar surface area (TPSA) is 34.2 Å². The number of fused-ring (bicyclic) bond motifs is 6. The first-order chi connectivity index (χ1) is 25.3. The molecule has 0 N–H and O–H groups in total. The zero-order chi connectivity index (χ0) is 33.7. The van der Waals surface area contributed by atoms with E-state index in [9.17, 15) is 0 Å². The minimum Gasteiger partial charge on any atom is -0.435 e. The summed E-state index contributed by atoms with van der Waals surface area (Å²) in [5.41, 5.74) is 11.6. The third-order valence-corrected chi connectivity index (χ3v) is 9.81. The SMILES string of the molecule is c1ccc(-c2ccc(N(c3ccc(-n4c5ccccc5c5ccccc54)cc3)c3ccc4ccc5nc(-c6ccccc6)oc5c4c3)cc2)cc1. The highest BCUT2D eigenvalue weighted by Gasteiger charge is 2.18. The summed E-state index contributed by atoms with van der Waals surface area (Å²) >= 11 is 0. The summed E-state index contributed by atoms with van der Waals surface area (Å²) in [4.78, 5) is 7.17. The second-order valence-electron chi connectivity index (χ2n) is 12.8. The number of anilines is 3. The molecule has 0 aliphatic rings. The molecule has 10 aromatic rings. The van der Waals surface area contributed by atoms with Crippen LogP contribution in [0.15, 0.2) is 192 Å². The van der Waals surface area contributed by atoms with E-state index in [1.165, 1.54) is 32.9 Å². The lowest BCUT2D eigenvalue weighted by Crippen LogP contribution is -2.10. The standard InChI is InChI=1S/C47H31N3O/c1-3-11-32(12-4-1)33-19-23-36(24-20-33)49(37-26-28-38(29-27-37)50-44-17-9-7-15-40(44)41-16-8-10-18-45(41)50)39-25-21-34-22-30-43-46(42(34)31-39)51-47(48-43)35-13-5-2-6-14-35/h1-31H. The fourth-order valence-electron chi connectivity index (χ4n) is 7.37. The fraction of sp³-hybridized carbons (Fsp3) is 0. The van der Waals surface area contributed by atoms with E-state index >= 15 is 0 Å². The molecule has 4 heteroatoms. The number of oxazole rings is 1. The maximum Gasteiger partial charge on any atom is 0.227 e. The molecule has 0 fully saturated rings. The predicted molar refractivity (Wildman–Crippen MR) is 211 cm³/mol. The van der Waals surface area contributed by atoms with Crippen LogP contribution in [0.1, 0.15) is 0 Å². The number of nitrogens with zero attached hydrogens (tertiary/aromatic N) is 3. The van der Waals surface area contributed by atoms with Crippen molar-refractivity contribution < 1.29 is 4.42 Å². The summed E-state index contributed by atoms with van der Waals surface area (Å²) in [6.07, 6.45) is 0. The molecule has 0 spiro atoms. The molecule has 0 saturated carbocycles. The Hall–Kier alpha value is -6.91. The van der Waals surface area contributed by atoms with Crippen molar-refractivity contribution in [1.29, 1.82) is 0 Å². The number of aromatic nitrogens is 2. The normalized spacial score (nSPS) is 11.5. The van der Waals surface area contributed by atoms with Crippen molar-refractivity contribution in [2.75, 3.05) is 4.90 Å². The van der Waals surface area contributed by atoms with Gasteiger partial charge in [0.25, 0.3) is 0 Å². The molecule has 0 radical (unpaired) electrons. The lowest BCUT2D eigenvalue weighted by Gasteiger charge is -2.26. The van der Waals surface area contributed by atoms with Gasteiger partial charge >= 0.3 is 0 Å². The minimum atomic E-state index is 0.623. The van der Waals surface area contributed by atoms with Crippen LogP contribution in [-0.4, -0.2) is 9.55 Å². The van der Waals surface area contributed by atoms with Gasteiger partial charge in [-0.15, -0.1) is 0 Å². The van der Waals surface area contributed by atoms with Crippen molar-refractivity contribution >= 4 is 60.7 Å². The van der Waals surface area contributed by atoms with Gasteiger partial charge in [-0.3, -0.25) is 0 Å². The largest absolute Gasteiger partial charge is 0.435 e. The number of benzene rings is 8. The Kier molecular flexibility index (Phi) is 6.78. The zero-order valence-corrected chi connectivity index (χ0v) is 27.6. The maximum atomic E-state index is 6.47. The van der Waals surface area contributed by atoms with E-state index < -0.39 is 0 Å². The molecule has 0 aliphatic carbocycles. The van der Waals surface area contributed by atoms with Gasteiger partial charge < -0.3 is 13.9 Å². The van der Waals surface area contributed by atoms with E-state index in [0.29, 0.717) is 5.89 Å². The van der Waals surface area contributed by atoms with Gasteiger partial charge in [0.1, 0.15) is 5.52 Å². The van der Waals surface area contributed by atoms with Gasteiger partial charge in [0.2, 0.25) is 5.89 Å². The molecule has 51 heavy (non-hydrogen) atoms. The first-order valence-electron chi connectivity index (χ1n) is 17.2. The summed E-state index contributed by atoms with van der Waals surface area (Å²) in [6, 6.07) is 66.3. The molecule has 0 aliphatic heterocycles. The van der Waals surface area contributed by atoms with Crippen LogP contribution in [-0.2, 0) is 0 Å². The van der Waals surface area contributed by atoms with Gasteiger partial charge in [-0.25, -0.2) is 4.98 Å². The average molecular weight is 654 g/mol. The van der Waals surface area contributed by atoms with Crippen LogP contribution in [0.3, 0.4) is 0 Å². The quantitative estimate of drug-likeness (QED) is 0.179. The smallest absolute Gasteiger partial charge is 0.227 e. The molecule has 4 nitrogen and oxygen atoms in total. The van der Waals surface area contributed by atoms with Crippen LogP contribution in [0.2, 0.25) is 0 Å². The lowest BCUT2D eigenvalue weighted by atomic mass is 10.0. The van der Waals surface area contributed by atoms with Gasteiger partial charge in [0.15, 0.2) is 5.58 Å². The number of rotatable bonds is 6. The Morgan fingerprint density at radius 3 is 1.63 bits per heavy atom. The van der Waals surface area contributed by atoms with Gasteiger partial charge in [-0.2, -0.15) is 0 Å². The monoisotopic (exact) mass is 653 g/mol. The van der Waals surface area contributed by atoms with Gasteiger partial charge in [-0.05, 0) is 95.4 Å². The van der Waals surface area contributed by atoms with Crippen molar-refractivity contribution in [2.45, 2.75) is 0 Å². The highest BCUT2D eigenvalue weighted by Crippen LogP contribution is 2.40. The van der Waals surface area contributed by atoms with Crippen LogP contribution >= 0.6 is 0 Å². The lowest BCUT2D eigenvalue weighted by molar-refractivity contribution is 0.623. The Morgan fingerprint density at radius 2 is 0.961 bits per heavy atom. The van der Waals surface area contributed by atoms with Crippen LogP contribution < -0.4 is 4.90 Å². The van der Waals surface area contributed by atoms with Crippen molar-refractivity contribution in [3.8, 4) is 28.3 Å². The molecular weight excluding hydrogens is 623 g/mol. The summed E-state index contributed by atoms with van der Waals surface area (Å²) in [5, 5.41) is 4.63. The van der Waals surface area contributed by atoms with Crippen LogP contribution in [0.4, 0.5) is 17.1 Å². The van der Waals surface area contributed by atoms with Crippen molar-refractivity contribution in [1.82, 2.24) is 9.55 Å². The second-order valence-corrected chi connectivity index (χ2v) is 12.8. The number of para-hydroxylation sites is 2. The fourth-order valence-corrected chi connectivity index (χ4v) is 7.37. The summed E-state index contributed by atoms with van der Waals surface area (Å²) < 4.78 is 8.83. The predicted octanol–water partition coefficient (Wildman–Crippen LogP) is 12.9. The zero-order valence-electron chi connectivity index (χ0n) is 27.6.